The number of halogens is 3. The molecule has 2 atom stereocenters. The molecule has 0 saturated carbocycles. The minimum atomic E-state index is -1.97. The number of piperazine rings is 1. The van der Waals surface area contributed by atoms with E-state index in [2.05, 4.69) is 36.6 Å². The molecule has 4 aromatic rings. The number of anilines is 2. The van der Waals surface area contributed by atoms with Crippen LogP contribution in [0.25, 0.3) is 22.2 Å². The number of nitrogens with one attached hydrogen (secondary N) is 2. The number of alkyl halides is 1. The lowest BCUT2D eigenvalue weighted by Gasteiger charge is -2.39. The van der Waals surface area contributed by atoms with Gasteiger partial charge in [-0.3, -0.25) is 19.4 Å². The quantitative estimate of drug-likeness (QED) is 0.148. The standard InChI is InChI=1S/C36H40F3N7O4S/c37-26-9-12-46(21-26)51(50)42-31-6-5-30(38)33(34(31)39)35(49)29-19-41-36-28(29)17-25(18-40-36)24-1-3-27(4-2-24)45-15-13-44(14-16-45)20-23-7-10-43(11-8-23)22-32(47)48/h1-6,17-19,23,26,42H,7-16,20-22H2,(H,40,41)(H,47,48). The van der Waals surface area contributed by atoms with E-state index in [9.17, 15) is 22.9 Å². The molecule has 7 rings (SSSR count). The van der Waals surface area contributed by atoms with Crippen molar-refractivity contribution in [2.75, 3.05) is 75.1 Å². The zero-order chi connectivity index (χ0) is 35.6. The predicted molar refractivity (Wildman–Crippen MR) is 190 cm³/mol. The van der Waals surface area contributed by atoms with E-state index in [0.29, 0.717) is 17.0 Å². The zero-order valence-electron chi connectivity index (χ0n) is 28.0. The number of carbonyl (C=O) groups excluding carboxylic acids is 1. The third kappa shape index (κ3) is 7.87. The van der Waals surface area contributed by atoms with Crippen molar-refractivity contribution in [3.05, 3.63) is 77.6 Å². The number of pyridine rings is 1. The Morgan fingerprint density at radius 3 is 2.39 bits per heavy atom. The molecular formula is C36H40F3N7O4S. The van der Waals surface area contributed by atoms with E-state index in [-0.39, 0.29) is 37.3 Å². The molecule has 11 nitrogen and oxygen atoms in total. The SMILES string of the molecule is O=C(O)CN1CCC(CN2CCN(c3ccc(-c4cnc5[nH]cc(C(=O)c6c(F)ccc(N[S+]([O-])N7CCC(F)C7)c6F)c5c4)cc3)CC2)CC1. The summed E-state index contributed by atoms with van der Waals surface area (Å²) in [6, 6.07) is 11.9. The minimum absolute atomic E-state index is 0.0375. The van der Waals surface area contributed by atoms with Crippen molar-refractivity contribution in [1.29, 1.82) is 0 Å². The molecule has 2 unspecified atom stereocenters. The van der Waals surface area contributed by atoms with E-state index in [1.165, 1.54) is 10.5 Å². The summed E-state index contributed by atoms with van der Waals surface area (Å²) in [5.74, 6) is -3.32. The Kier molecular flexibility index (Phi) is 10.5. The van der Waals surface area contributed by atoms with E-state index < -0.39 is 46.7 Å². The van der Waals surface area contributed by atoms with E-state index >= 15 is 4.39 Å². The molecule has 3 saturated heterocycles. The summed E-state index contributed by atoms with van der Waals surface area (Å²) in [5.41, 5.74) is 1.99. The van der Waals surface area contributed by atoms with Gasteiger partial charge in [0.05, 0.1) is 18.7 Å². The number of H-pyrrole nitrogens is 1. The van der Waals surface area contributed by atoms with Crippen molar-refractivity contribution >= 4 is 45.7 Å². The molecule has 0 bridgehead atoms. The number of carboxylic acid groups (broad SMARTS) is 1. The number of carboxylic acids is 1. The molecule has 51 heavy (non-hydrogen) atoms. The Balaban J connectivity index is 1.000. The number of nitrogens with zero attached hydrogens (tertiary/aromatic N) is 5. The Labute approximate surface area is 296 Å². The first kappa shape index (κ1) is 35.3. The number of hydrogen-bond acceptors (Lipinski definition) is 9. The van der Waals surface area contributed by atoms with Crippen LogP contribution >= 0.6 is 0 Å². The van der Waals surface area contributed by atoms with Crippen molar-refractivity contribution in [3.63, 3.8) is 0 Å². The van der Waals surface area contributed by atoms with Gasteiger partial charge in [-0.2, -0.15) is 4.72 Å². The number of hydrogen-bond donors (Lipinski definition) is 3. The first-order valence-electron chi connectivity index (χ1n) is 17.2. The van der Waals surface area contributed by atoms with Gasteiger partial charge in [0.1, 0.15) is 23.3 Å². The van der Waals surface area contributed by atoms with Crippen molar-refractivity contribution in [2.45, 2.75) is 25.4 Å². The fourth-order valence-corrected chi connectivity index (χ4v) is 8.30. The number of benzene rings is 2. The van der Waals surface area contributed by atoms with Crippen LogP contribution in [0.2, 0.25) is 0 Å². The normalized spacial score (nSPS) is 20.2. The average Bonchev–Trinajstić information content (AvgIpc) is 3.76. The van der Waals surface area contributed by atoms with Gasteiger partial charge in [-0.05, 0) is 74.2 Å². The van der Waals surface area contributed by atoms with Gasteiger partial charge in [0, 0.05) is 73.9 Å². The number of ketones is 1. The minimum Gasteiger partial charge on any atom is -0.573 e. The van der Waals surface area contributed by atoms with Crippen LogP contribution in [0.4, 0.5) is 24.5 Å². The number of likely N-dealkylation sites (tertiary alicyclic amines) is 1. The van der Waals surface area contributed by atoms with Crippen LogP contribution < -0.4 is 9.62 Å². The van der Waals surface area contributed by atoms with Gasteiger partial charge in [-0.25, -0.2) is 18.2 Å². The van der Waals surface area contributed by atoms with Gasteiger partial charge in [0.25, 0.3) is 0 Å². The first-order chi connectivity index (χ1) is 24.6. The van der Waals surface area contributed by atoms with Crippen LogP contribution in [-0.2, 0) is 16.3 Å². The Bertz CT molecular complexity index is 1880. The number of rotatable bonds is 11. The number of aromatic amines is 1. The van der Waals surface area contributed by atoms with Crippen molar-refractivity contribution in [1.82, 2.24) is 24.1 Å². The zero-order valence-corrected chi connectivity index (χ0v) is 28.8. The maximum absolute atomic E-state index is 15.6. The topological polar surface area (TPSA) is 131 Å². The lowest BCUT2D eigenvalue weighted by molar-refractivity contribution is -0.138. The molecule has 0 amide bonds. The second-order valence-electron chi connectivity index (χ2n) is 13.5. The molecule has 5 heterocycles. The van der Waals surface area contributed by atoms with Crippen LogP contribution in [-0.4, -0.2) is 117 Å². The average molecular weight is 724 g/mol. The lowest BCUT2D eigenvalue weighted by atomic mass is 9.96. The molecule has 0 aliphatic carbocycles. The second kappa shape index (κ2) is 15.2. The summed E-state index contributed by atoms with van der Waals surface area (Å²) in [5, 5.41) is 9.44. The van der Waals surface area contributed by atoms with Crippen molar-refractivity contribution in [2.24, 2.45) is 5.92 Å². The highest BCUT2D eigenvalue weighted by molar-refractivity contribution is 7.90. The molecule has 15 heteroatoms. The highest BCUT2D eigenvalue weighted by Gasteiger charge is 2.33. The van der Waals surface area contributed by atoms with Crippen LogP contribution in [0.5, 0.6) is 0 Å². The molecule has 3 aliphatic heterocycles. The van der Waals surface area contributed by atoms with Gasteiger partial charge < -0.3 is 19.5 Å². The molecular weight excluding hydrogens is 684 g/mol. The predicted octanol–water partition coefficient (Wildman–Crippen LogP) is 4.69. The third-order valence-electron chi connectivity index (χ3n) is 10.1. The van der Waals surface area contributed by atoms with E-state index in [0.717, 1.165) is 87.6 Å². The van der Waals surface area contributed by atoms with Crippen LogP contribution in [0.1, 0.15) is 35.2 Å². The summed E-state index contributed by atoms with van der Waals surface area (Å²) >= 11 is -1.97. The number of carbonyl (C=O) groups is 2. The largest absolute Gasteiger partial charge is 0.573 e. The molecule has 2 aromatic carbocycles. The number of aliphatic carboxylic acids is 1. The van der Waals surface area contributed by atoms with Gasteiger partial charge in [0.15, 0.2) is 17.4 Å². The maximum Gasteiger partial charge on any atom is 0.317 e. The van der Waals surface area contributed by atoms with Crippen LogP contribution in [0.3, 0.4) is 0 Å². The molecule has 270 valence electrons. The highest BCUT2D eigenvalue weighted by Crippen LogP contribution is 2.31. The van der Waals surface area contributed by atoms with Crippen LogP contribution in [0, 0.1) is 17.6 Å². The monoisotopic (exact) mass is 723 g/mol. The van der Waals surface area contributed by atoms with Crippen molar-refractivity contribution in [3.8, 4) is 11.1 Å². The van der Waals surface area contributed by atoms with Gasteiger partial charge in [0.2, 0.25) is 5.78 Å². The third-order valence-corrected chi connectivity index (χ3v) is 11.3. The summed E-state index contributed by atoms with van der Waals surface area (Å²) in [6.07, 6.45) is 4.18. The van der Waals surface area contributed by atoms with Gasteiger partial charge in [-0.1, -0.05) is 12.1 Å². The Hall–Kier alpha value is -4.15. The molecule has 2 aromatic heterocycles. The number of aromatic nitrogens is 2. The van der Waals surface area contributed by atoms with E-state index in [1.807, 2.05) is 17.0 Å². The summed E-state index contributed by atoms with van der Waals surface area (Å²) in [7, 11) is 0. The first-order valence-corrected chi connectivity index (χ1v) is 18.3. The summed E-state index contributed by atoms with van der Waals surface area (Å²) in [6.45, 7) is 6.69. The lowest BCUT2D eigenvalue weighted by Crippen LogP contribution is -2.49. The number of fused-ring (bicyclic) bond motifs is 1. The molecule has 3 N–H and O–H groups in total. The summed E-state index contributed by atoms with van der Waals surface area (Å²) < 4.78 is 60.6. The Morgan fingerprint density at radius 1 is 0.961 bits per heavy atom. The van der Waals surface area contributed by atoms with Gasteiger partial charge in [-0.15, -0.1) is 4.31 Å². The van der Waals surface area contributed by atoms with E-state index in [1.54, 1.807) is 12.3 Å². The summed E-state index contributed by atoms with van der Waals surface area (Å²) in [4.78, 5) is 38.9. The number of piperidine rings is 1. The van der Waals surface area contributed by atoms with Gasteiger partial charge >= 0.3 is 5.97 Å². The fourth-order valence-electron chi connectivity index (χ4n) is 7.26. The smallest absolute Gasteiger partial charge is 0.317 e. The van der Waals surface area contributed by atoms with E-state index in [4.69, 9.17) is 5.11 Å². The molecule has 3 fully saturated rings. The molecule has 0 radical (unpaired) electrons. The fraction of sp³-hybridized carbons (Fsp3) is 0.417. The Morgan fingerprint density at radius 2 is 1.71 bits per heavy atom. The maximum atomic E-state index is 15.6. The van der Waals surface area contributed by atoms with Crippen LogP contribution in [0.15, 0.2) is 54.9 Å². The molecule has 0 spiro atoms. The second-order valence-corrected chi connectivity index (χ2v) is 14.7. The highest BCUT2D eigenvalue weighted by atomic mass is 32.2. The molecule has 3 aliphatic rings. The van der Waals surface area contributed by atoms with Crippen molar-refractivity contribution < 1.29 is 32.4 Å².